The number of halogens is 3. The van der Waals surface area contributed by atoms with Crippen molar-refractivity contribution in [1.82, 2.24) is 10.2 Å². The molecular formula is C57H71F3N6O13. The van der Waals surface area contributed by atoms with Gasteiger partial charge in [-0.25, -0.2) is 9.69 Å². The number of nitrogens with one attached hydrogen (secondary N) is 1. The van der Waals surface area contributed by atoms with Gasteiger partial charge in [0.2, 0.25) is 11.8 Å². The summed E-state index contributed by atoms with van der Waals surface area (Å²) in [5, 5.41) is 22.5. The third-order valence-corrected chi connectivity index (χ3v) is 13.4. The Morgan fingerprint density at radius 1 is 0.810 bits per heavy atom. The van der Waals surface area contributed by atoms with Crippen molar-refractivity contribution in [3.63, 3.8) is 0 Å². The Bertz CT molecular complexity index is 2690. The molecule has 6 rings (SSSR count). The van der Waals surface area contributed by atoms with Crippen molar-refractivity contribution in [1.29, 1.82) is 5.26 Å². The average molecular weight is 1110 g/mol. The number of likely N-dealkylation sites (tertiary alicyclic amines) is 1. The Kier molecular flexibility index (Phi) is 22.3. The maximum Gasteiger partial charge on any atom is 0.417 e. The number of urea groups is 1. The van der Waals surface area contributed by atoms with Crippen molar-refractivity contribution in [2.45, 2.75) is 97.1 Å². The number of carbonyl (C=O) groups excluding carboxylic acids is 5. The van der Waals surface area contributed by atoms with Crippen LogP contribution in [0.15, 0.2) is 77.4 Å². The first-order valence-electron chi connectivity index (χ1n) is 26.2. The molecule has 19 nitrogen and oxygen atoms in total. The number of amides is 5. The fourth-order valence-electron chi connectivity index (χ4n) is 9.15. The zero-order valence-corrected chi connectivity index (χ0v) is 45.6. The Morgan fingerprint density at radius 3 is 1.90 bits per heavy atom. The highest BCUT2D eigenvalue weighted by molar-refractivity contribution is 6.30. The van der Waals surface area contributed by atoms with Gasteiger partial charge in [-0.2, -0.15) is 18.4 Å². The maximum absolute atomic E-state index is 13.9. The Morgan fingerprint density at radius 2 is 1.37 bits per heavy atom. The van der Waals surface area contributed by atoms with E-state index in [-0.39, 0.29) is 63.9 Å². The van der Waals surface area contributed by atoms with Crippen LogP contribution in [0.25, 0.3) is 5.57 Å². The van der Waals surface area contributed by atoms with Gasteiger partial charge in [0, 0.05) is 43.4 Å². The van der Waals surface area contributed by atoms with Gasteiger partial charge in [-0.15, -0.1) is 0 Å². The molecule has 5 amide bonds. The number of aliphatic hydroxyl groups excluding tert-OH is 1. The Balaban J connectivity index is 0.753. The Labute approximate surface area is 458 Å². The molecule has 2 N–H and O–H groups in total. The average Bonchev–Trinajstić information content (AvgIpc) is 4.29. The van der Waals surface area contributed by atoms with Gasteiger partial charge in [-0.3, -0.25) is 29.1 Å². The molecule has 3 aromatic rings. The molecule has 2 fully saturated rings. The molecule has 3 aliphatic rings. The van der Waals surface area contributed by atoms with Gasteiger partial charge >= 0.3 is 12.2 Å². The van der Waals surface area contributed by atoms with Gasteiger partial charge in [-0.05, 0) is 91.8 Å². The molecule has 79 heavy (non-hydrogen) atoms. The van der Waals surface area contributed by atoms with Crippen molar-refractivity contribution in [2.75, 3.05) is 102 Å². The standard InChI is InChI=1S/C57H71F3N6O13/c1-38-46(19-20-62-38)40-10-7-39(8-11-40)9-18-49(68)48-34-44(67)36-64(48)52(70)51(55(2,3)4)63-50(69)37-78-30-29-76-26-25-74-22-21-73-23-24-75-27-28-77-31-32-79-45-16-14-42(15-17-45)66-54(72)65(53(71)56(66,5)6)43-13-12-41(35-61)47(33-43)57(58,59)60/h7-8,10-17,20,33,44,48,51,67H,9,18-19,21-32,34,36-37H2,1-6H3,(H,63,69)/t44-,48+,51-/m1/s1. The molecule has 3 aromatic carbocycles. The van der Waals surface area contributed by atoms with Crippen molar-refractivity contribution in [2.24, 2.45) is 10.4 Å². The number of carbonyl (C=O) groups is 5. The molecule has 0 radical (unpaired) electrons. The van der Waals surface area contributed by atoms with Crippen molar-refractivity contribution in [3.8, 4) is 11.8 Å². The van der Waals surface area contributed by atoms with E-state index in [2.05, 4.69) is 10.3 Å². The molecule has 22 heteroatoms. The summed E-state index contributed by atoms with van der Waals surface area (Å²) in [6.45, 7) is 13.6. The van der Waals surface area contributed by atoms with Crippen molar-refractivity contribution >= 4 is 52.7 Å². The lowest BCUT2D eigenvalue weighted by Crippen LogP contribution is -2.57. The Hall–Kier alpha value is -6.58. The van der Waals surface area contributed by atoms with E-state index >= 15 is 0 Å². The number of aliphatic hydroxyl groups is 1. The van der Waals surface area contributed by atoms with Crippen LogP contribution in [0.2, 0.25) is 0 Å². The summed E-state index contributed by atoms with van der Waals surface area (Å²) >= 11 is 0. The van der Waals surface area contributed by atoms with E-state index in [1.54, 1.807) is 24.3 Å². The van der Waals surface area contributed by atoms with Crippen LogP contribution in [0.1, 0.15) is 83.1 Å². The molecule has 3 aliphatic heterocycles. The molecule has 2 saturated heterocycles. The number of rotatable bonds is 30. The summed E-state index contributed by atoms with van der Waals surface area (Å²) in [6.07, 6.45) is -2.19. The lowest BCUT2D eigenvalue weighted by molar-refractivity contribution is -0.144. The molecule has 3 atom stereocenters. The van der Waals surface area contributed by atoms with Gasteiger partial charge in [-0.1, -0.05) is 45.0 Å². The molecule has 428 valence electrons. The number of aryl methyl sites for hydroxylation is 1. The zero-order valence-electron chi connectivity index (χ0n) is 45.6. The van der Waals surface area contributed by atoms with Gasteiger partial charge in [0.15, 0.2) is 5.78 Å². The number of aliphatic imine (C=N–C) groups is 1. The minimum Gasteiger partial charge on any atom is -0.491 e. The summed E-state index contributed by atoms with van der Waals surface area (Å²) in [4.78, 5) is 74.9. The zero-order chi connectivity index (χ0) is 57.3. The normalized spacial score (nSPS) is 17.7. The summed E-state index contributed by atoms with van der Waals surface area (Å²) in [5.41, 5.74) is 0.294. The van der Waals surface area contributed by atoms with Crippen molar-refractivity contribution < 1.29 is 75.4 Å². The monoisotopic (exact) mass is 1100 g/mol. The van der Waals surface area contributed by atoms with Crippen LogP contribution in [0, 0.1) is 16.7 Å². The quantitative estimate of drug-likeness (QED) is 0.0523. The molecule has 0 aliphatic carbocycles. The third-order valence-electron chi connectivity index (χ3n) is 13.4. The highest BCUT2D eigenvalue weighted by Gasteiger charge is 2.53. The second-order valence-corrected chi connectivity index (χ2v) is 20.6. The highest BCUT2D eigenvalue weighted by atomic mass is 19.4. The second kappa shape index (κ2) is 28.5. The first kappa shape index (κ1) is 61.6. The number of Topliss-reactive ketones (excluding diaryl/α,β-unsaturated/α-hetero) is 1. The van der Waals surface area contributed by atoms with Gasteiger partial charge in [0.05, 0.1) is 108 Å². The van der Waals surface area contributed by atoms with Crippen LogP contribution < -0.4 is 19.9 Å². The second-order valence-electron chi connectivity index (χ2n) is 20.6. The van der Waals surface area contributed by atoms with Crippen LogP contribution >= 0.6 is 0 Å². The molecule has 0 spiro atoms. The van der Waals surface area contributed by atoms with Crippen LogP contribution in [0.5, 0.6) is 5.75 Å². The van der Waals surface area contributed by atoms with E-state index in [4.69, 9.17) is 38.4 Å². The number of ketones is 1. The number of β-amino-alcohol motifs (C(OH)–C–C–N with tert-alkyl or cyclic N) is 1. The number of nitrogens with zero attached hydrogens (tertiary/aromatic N) is 5. The number of alkyl halides is 3. The molecule has 0 unspecified atom stereocenters. The van der Waals surface area contributed by atoms with Crippen LogP contribution in [0.3, 0.4) is 0 Å². The molecule has 0 aromatic heterocycles. The summed E-state index contributed by atoms with van der Waals surface area (Å²) in [7, 11) is 0. The minimum atomic E-state index is -4.87. The maximum atomic E-state index is 13.9. The number of hydrogen-bond acceptors (Lipinski definition) is 15. The molecular weight excluding hydrogens is 1030 g/mol. The van der Waals surface area contributed by atoms with Crippen molar-refractivity contribution in [3.05, 3.63) is 94.7 Å². The van der Waals surface area contributed by atoms with Gasteiger partial charge in [0.1, 0.15) is 30.5 Å². The SMILES string of the molecule is CC1=C(c2ccc(CCC(=O)[C@@H]3C[C@@H](O)CN3C(=O)[C@@H](NC(=O)COCCOCCOCCOCCOCCOCCOc3ccc(N4C(=O)N(c5ccc(C#N)c(C(F)(F)F)c5)C(=O)C4(C)C)cc3)C(C)(C)C)cc2)CC=N1. The lowest BCUT2D eigenvalue weighted by Gasteiger charge is -2.35. The number of benzene rings is 3. The predicted molar refractivity (Wildman–Crippen MR) is 285 cm³/mol. The number of allylic oxidation sites excluding steroid dienone is 2. The van der Waals surface area contributed by atoms with E-state index in [1.807, 2.05) is 58.2 Å². The summed E-state index contributed by atoms with van der Waals surface area (Å²) in [6, 6.07) is 16.0. The first-order valence-corrected chi connectivity index (χ1v) is 26.2. The van der Waals surface area contributed by atoms with E-state index in [0.717, 1.165) is 35.4 Å². The topological polar surface area (TPSA) is 228 Å². The predicted octanol–water partition coefficient (Wildman–Crippen LogP) is 6.71. The highest BCUT2D eigenvalue weighted by Crippen LogP contribution is 2.40. The number of hydrogen-bond donors (Lipinski definition) is 2. The minimum absolute atomic E-state index is 0.00414. The molecule has 0 bridgehead atoms. The number of nitriles is 1. The molecule has 3 heterocycles. The number of ether oxygens (including phenoxy) is 7. The van der Waals surface area contributed by atoms with E-state index in [1.165, 1.54) is 35.3 Å². The third kappa shape index (κ3) is 17.0. The van der Waals surface area contributed by atoms with Crippen LogP contribution in [-0.2, 0) is 60.2 Å². The van der Waals surface area contributed by atoms with Gasteiger partial charge in [0.25, 0.3) is 5.91 Å². The summed E-state index contributed by atoms with van der Waals surface area (Å²) in [5.74, 6) is -1.33. The first-order chi connectivity index (χ1) is 37.6. The molecule has 0 saturated carbocycles. The van der Waals surface area contributed by atoms with Crippen LogP contribution in [0.4, 0.5) is 29.3 Å². The van der Waals surface area contributed by atoms with Crippen LogP contribution in [-0.4, -0.2) is 162 Å². The largest absolute Gasteiger partial charge is 0.491 e. The lowest BCUT2D eigenvalue weighted by atomic mass is 9.85. The van der Waals surface area contributed by atoms with E-state index < -0.39 is 70.2 Å². The number of anilines is 2. The van der Waals surface area contributed by atoms with Gasteiger partial charge < -0.3 is 48.5 Å². The fourth-order valence-corrected chi connectivity index (χ4v) is 9.15. The summed E-state index contributed by atoms with van der Waals surface area (Å²) < 4.78 is 79.8. The van der Waals surface area contributed by atoms with E-state index in [0.29, 0.717) is 81.7 Å². The fraction of sp³-hybridized carbons (Fsp3) is 0.526. The van der Waals surface area contributed by atoms with E-state index in [9.17, 15) is 42.3 Å². The smallest absolute Gasteiger partial charge is 0.417 e. The number of imide groups is 1.